The fourth-order valence-electron chi connectivity index (χ4n) is 2.11. The van der Waals surface area contributed by atoms with Crippen LogP contribution in [0, 0.1) is 0 Å². The molecule has 1 N–H and O–H groups in total. The van der Waals surface area contributed by atoms with Gasteiger partial charge in [0.15, 0.2) is 0 Å². The Morgan fingerprint density at radius 1 is 1.27 bits per heavy atom. The first-order chi connectivity index (χ1) is 7.07. The van der Waals surface area contributed by atoms with Gasteiger partial charge < -0.3 is 4.90 Å². The molecule has 1 aliphatic heterocycles. The molecule has 0 aromatic carbocycles. The summed E-state index contributed by atoms with van der Waals surface area (Å²) in [5.41, 5.74) is -0.0159. The Kier molecular flexibility index (Phi) is 2.73. The average Bonchev–Trinajstić information content (AvgIpc) is 2.73. The van der Waals surface area contributed by atoms with Gasteiger partial charge in [-0.25, -0.2) is 4.68 Å². The molecule has 1 fully saturated rings. The summed E-state index contributed by atoms with van der Waals surface area (Å²) < 4.78 is 1.94. The summed E-state index contributed by atoms with van der Waals surface area (Å²) >= 11 is 0. The summed E-state index contributed by atoms with van der Waals surface area (Å²) in [6.07, 6.45) is 2.68. The number of aromatic nitrogens is 4. The Labute approximate surface area is 90.5 Å². The minimum absolute atomic E-state index is 0.0159. The van der Waals surface area contributed by atoms with Crippen LogP contribution in [-0.4, -0.2) is 33.3 Å². The van der Waals surface area contributed by atoms with Crippen LogP contribution in [0.3, 0.4) is 0 Å². The van der Waals surface area contributed by atoms with Crippen LogP contribution in [0.25, 0.3) is 0 Å². The monoisotopic (exact) mass is 210 g/mol. The van der Waals surface area contributed by atoms with Crippen molar-refractivity contribution in [3.8, 4) is 0 Å². The van der Waals surface area contributed by atoms with E-state index in [2.05, 4.69) is 36.3 Å². The van der Waals surface area contributed by atoms with E-state index in [0.29, 0.717) is 0 Å². The molecule has 15 heavy (non-hydrogen) atoms. The van der Waals surface area contributed by atoms with Crippen LogP contribution in [0.4, 0.5) is 0 Å². The highest BCUT2D eigenvalue weighted by Crippen LogP contribution is 2.12. The number of hydrogen-bond donors (Lipinski definition) is 1. The Morgan fingerprint density at radius 3 is 2.53 bits per heavy atom. The summed E-state index contributed by atoms with van der Waals surface area (Å²) in [5, 5.41) is 12.0. The lowest BCUT2D eigenvalue weighted by Crippen LogP contribution is -3.08. The molecular weight excluding hydrogens is 190 g/mol. The molecule has 0 atom stereocenters. The molecule has 0 bridgehead atoms. The van der Waals surface area contributed by atoms with Crippen LogP contribution < -0.4 is 4.90 Å². The average molecular weight is 210 g/mol. The largest absolute Gasteiger partial charge is 0.329 e. The molecule has 1 aromatic heterocycles. The zero-order valence-electron chi connectivity index (χ0n) is 9.82. The summed E-state index contributed by atoms with van der Waals surface area (Å²) in [7, 11) is 0. The molecule has 0 spiro atoms. The van der Waals surface area contributed by atoms with E-state index < -0.39 is 0 Å². The van der Waals surface area contributed by atoms with Crippen LogP contribution in [0.5, 0.6) is 0 Å². The molecule has 2 rings (SSSR count). The second-order valence-electron chi connectivity index (χ2n) is 5.31. The number of quaternary nitrogens is 1. The first-order valence-electron chi connectivity index (χ1n) is 5.69. The smallest absolute Gasteiger partial charge is 0.206 e. The fourth-order valence-corrected chi connectivity index (χ4v) is 2.11. The molecule has 5 nitrogen and oxygen atoms in total. The van der Waals surface area contributed by atoms with E-state index in [-0.39, 0.29) is 5.54 Å². The Balaban J connectivity index is 2.11. The Bertz CT molecular complexity index is 319. The molecule has 5 heteroatoms. The maximum Gasteiger partial charge on any atom is 0.206 e. The van der Waals surface area contributed by atoms with Gasteiger partial charge in [-0.1, -0.05) is 0 Å². The van der Waals surface area contributed by atoms with Crippen molar-refractivity contribution in [1.29, 1.82) is 0 Å². The molecule has 0 aliphatic carbocycles. The van der Waals surface area contributed by atoms with Crippen molar-refractivity contribution in [3.63, 3.8) is 0 Å². The highest BCUT2D eigenvalue weighted by atomic mass is 15.6. The van der Waals surface area contributed by atoms with Gasteiger partial charge in [-0.15, -0.1) is 5.10 Å². The first-order valence-corrected chi connectivity index (χ1v) is 5.69. The van der Waals surface area contributed by atoms with E-state index in [4.69, 9.17) is 0 Å². The van der Waals surface area contributed by atoms with Gasteiger partial charge in [0.25, 0.3) is 0 Å². The maximum absolute atomic E-state index is 4.13. The summed E-state index contributed by atoms with van der Waals surface area (Å²) in [6, 6.07) is 0. The van der Waals surface area contributed by atoms with Gasteiger partial charge in [-0.05, 0) is 31.2 Å². The molecule has 0 saturated carbocycles. The third kappa shape index (κ3) is 2.34. The molecule has 0 amide bonds. The molecule has 1 aliphatic rings. The minimum Gasteiger partial charge on any atom is -0.329 e. The van der Waals surface area contributed by atoms with Crippen molar-refractivity contribution in [2.45, 2.75) is 45.7 Å². The van der Waals surface area contributed by atoms with Crippen LogP contribution in [0.2, 0.25) is 0 Å². The molecule has 0 radical (unpaired) electrons. The third-order valence-electron chi connectivity index (χ3n) is 2.89. The molecule has 0 unspecified atom stereocenters. The van der Waals surface area contributed by atoms with E-state index >= 15 is 0 Å². The van der Waals surface area contributed by atoms with E-state index in [1.165, 1.54) is 25.9 Å². The van der Waals surface area contributed by atoms with Gasteiger partial charge in [0.05, 0.1) is 18.6 Å². The number of hydrogen-bond acceptors (Lipinski definition) is 3. The zero-order chi connectivity index (χ0) is 10.9. The van der Waals surface area contributed by atoms with Gasteiger partial charge >= 0.3 is 0 Å². The van der Waals surface area contributed by atoms with E-state index in [1.807, 2.05) is 4.68 Å². The molecule has 2 heterocycles. The predicted octanol–water partition coefficient (Wildman–Crippen LogP) is -0.393. The normalized spacial score (nSPS) is 18.6. The summed E-state index contributed by atoms with van der Waals surface area (Å²) in [4.78, 5) is 1.61. The SMILES string of the molecule is CC(C)(C)n1nnnc1C[NH+]1CCCC1. The molecule has 1 aromatic rings. The van der Waals surface area contributed by atoms with E-state index in [1.54, 1.807) is 4.90 Å². The predicted molar refractivity (Wildman–Crippen MR) is 56.4 cm³/mol. The van der Waals surface area contributed by atoms with Crippen molar-refractivity contribution in [1.82, 2.24) is 20.2 Å². The van der Waals surface area contributed by atoms with E-state index in [0.717, 1.165) is 12.4 Å². The van der Waals surface area contributed by atoms with Crippen molar-refractivity contribution in [2.24, 2.45) is 0 Å². The summed E-state index contributed by atoms with van der Waals surface area (Å²) in [6.45, 7) is 9.88. The lowest BCUT2D eigenvalue weighted by Gasteiger charge is -2.20. The standard InChI is InChI=1S/C10H19N5/c1-10(2,3)15-9(11-12-13-15)8-14-6-4-5-7-14/h4-8H2,1-3H3/p+1. The Hall–Kier alpha value is -0.970. The first kappa shape index (κ1) is 10.5. The van der Waals surface area contributed by atoms with Gasteiger partial charge in [0, 0.05) is 12.8 Å². The lowest BCUT2D eigenvalue weighted by atomic mass is 10.1. The quantitative estimate of drug-likeness (QED) is 0.723. The summed E-state index contributed by atoms with van der Waals surface area (Å²) in [5.74, 6) is 1.01. The fraction of sp³-hybridized carbons (Fsp3) is 0.900. The van der Waals surface area contributed by atoms with Crippen molar-refractivity contribution in [3.05, 3.63) is 5.82 Å². The maximum atomic E-state index is 4.13. The van der Waals surface area contributed by atoms with Gasteiger partial charge in [-0.3, -0.25) is 0 Å². The molecular formula is C10H20N5+. The Morgan fingerprint density at radius 2 is 1.93 bits per heavy atom. The van der Waals surface area contributed by atoms with Crippen LogP contribution in [0.1, 0.15) is 39.4 Å². The van der Waals surface area contributed by atoms with E-state index in [9.17, 15) is 0 Å². The van der Waals surface area contributed by atoms with Gasteiger partial charge in [-0.2, -0.15) is 0 Å². The highest BCUT2D eigenvalue weighted by Gasteiger charge is 2.24. The van der Waals surface area contributed by atoms with Crippen LogP contribution in [-0.2, 0) is 12.1 Å². The van der Waals surface area contributed by atoms with Gasteiger partial charge in [0.2, 0.25) is 5.82 Å². The molecule has 1 saturated heterocycles. The topological polar surface area (TPSA) is 48.0 Å². The van der Waals surface area contributed by atoms with Crippen molar-refractivity contribution < 1.29 is 4.90 Å². The van der Waals surface area contributed by atoms with Crippen molar-refractivity contribution >= 4 is 0 Å². The molecule has 84 valence electrons. The highest BCUT2D eigenvalue weighted by molar-refractivity contribution is 4.84. The number of rotatable bonds is 2. The zero-order valence-corrected chi connectivity index (χ0v) is 9.82. The van der Waals surface area contributed by atoms with Crippen LogP contribution >= 0.6 is 0 Å². The minimum atomic E-state index is -0.0159. The number of nitrogens with zero attached hydrogens (tertiary/aromatic N) is 4. The lowest BCUT2D eigenvalue weighted by molar-refractivity contribution is -0.902. The van der Waals surface area contributed by atoms with Crippen LogP contribution in [0.15, 0.2) is 0 Å². The number of nitrogens with one attached hydrogen (secondary N) is 1. The van der Waals surface area contributed by atoms with Gasteiger partial charge in [0.1, 0.15) is 6.54 Å². The number of likely N-dealkylation sites (tertiary alicyclic amines) is 1. The second-order valence-corrected chi connectivity index (χ2v) is 5.31. The third-order valence-corrected chi connectivity index (χ3v) is 2.89. The van der Waals surface area contributed by atoms with Crippen molar-refractivity contribution in [2.75, 3.05) is 13.1 Å². The second kappa shape index (κ2) is 3.89. The number of tetrazole rings is 1.